The average Bonchev–Trinajstić information content (AvgIpc) is 2.50. The minimum absolute atomic E-state index is 0.124. The molecule has 0 fully saturated rings. The second kappa shape index (κ2) is 8.68. The number of allylic oxidation sites excluding steroid dienone is 2. The van der Waals surface area contributed by atoms with Crippen LogP contribution in [0.25, 0.3) is 0 Å². The van der Waals surface area contributed by atoms with Gasteiger partial charge in [-0.1, -0.05) is 67.5 Å². The summed E-state index contributed by atoms with van der Waals surface area (Å²) in [7, 11) is 0.394. The molecule has 0 saturated carbocycles. The van der Waals surface area contributed by atoms with Gasteiger partial charge in [0.15, 0.2) is 0 Å². The first-order valence-corrected chi connectivity index (χ1v) is 10.8. The van der Waals surface area contributed by atoms with E-state index >= 15 is 0 Å². The minimum Gasteiger partial charge on any atom is -0.360 e. The summed E-state index contributed by atoms with van der Waals surface area (Å²) in [6.45, 7) is 23.4. The van der Waals surface area contributed by atoms with E-state index in [1.807, 2.05) is 0 Å². The first kappa shape index (κ1) is 22.9. The van der Waals surface area contributed by atoms with E-state index in [9.17, 15) is 0 Å². The van der Waals surface area contributed by atoms with Gasteiger partial charge in [0.2, 0.25) is 0 Å². The average molecular weight is 369 g/mol. The second-order valence-electron chi connectivity index (χ2n) is 9.43. The lowest BCUT2D eigenvalue weighted by Gasteiger charge is -2.45. The van der Waals surface area contributed by atoms with Crippen LogP contribution < -0.4 is 0 Å². The van der Waals surface area contributed by atoms with Gasteiger partial charge in [0.25, 0.3) is 0 Å². The van der Waals surface area contributed by atoms with E-state index in [0.717, 1.165) is 19.4 Å². The normalized spacial score (nSPS) is 23.1. The van der Waals surface area contributed by atoms with Crippen molar-refractivity contribution in [1.29, 1.82) is 0 Å². The molecule has 0 aromatic heterocycles. The van der Waals surface area contributed by atoms with Crippen molar-refractivity contribution < 1.29 is 9.26 Å². The first-order valence-electron chi connectivity index (χ1n) is 9.87. The fourth-order valence-corrected chi connectivity index (χ4v) is 4.18. The van der Waals surface area contributed by atoms with E-state index in [4.69, 9.17) is 9.26 Å². The third kappa shape index (κ3) is 5.91. The van der Waals surface area contributed by atoms with Gasteiger partial charge in [-0.3, -0.25) is 0 Å². The smallest absolute Gasteiger partial charge is 0.109 e. The van der Waals surface area contributed by atoms with E-state index < -0.39 is 0 Å². The molecule has 0 radical (unpaired) electrons. The van der Waals surface area contributed by atoms with Gasteiger partial charge in [0.1, 0.15) is 5.34 Å². The van der Waals surface area contributed by atoms with Crippen LogP contribution in [0.1, 0.15) is 82.1 Å². The second-order valence-corrected chi connectivity index (χ2v) is 10.8. The van der Waals surface area contributed by atoms with Crippen molar-refractivity contribution in [2.24, 2.45) is 16.7 Å². The van der Waals surface area contributed by atoms with E-state index in [-0.39, 0.29) is 22.3 Å². The Morgan fingerprint density at radius 3 is 1.96 bits per heavy atom. The molecule has 0 heterocycles. The Labute approximate surface area is 158 Å². The number of hydrogen-bond acceptors (Lipinski definition) is 2. The Kier molecular flexibility index (Phi) is 7.94. The summed E-state index contributed by atoms with van der Waals surface area (Å²) in [6.07, 6.45) is 6.92. The standard InChI is InChI=1S/C22H41O2P/c1-11-22(12-2,25-23-13-3)24-19-16(4)14-17(20(5,6)7)15-18(19)21(8,9)10/h14-15,18-19,25H,11-13H2,1-10H3. The van der Waals surface area contributed by atoms with Gasteiger partial charge in [-0.05, 0) is 48.7 Å². The molecular formula is C22H41O2P. The molecule has 0 aromatic carbocycles. The van der Waals surface area contributed by atoms with Crippen LogP contribution in [-0.2, 0) is 9.26 Å². The van der Waals surface area contributed by atoms with Gasteiger partial charge >= 0.3 is 0 Å². The van der Waals surface area contributed by atoms with Gasteiger partial charge < -0.3 is 9.26 Å². The summed E-state index contributed by atoms with van der Waals surface area (Å²) in [5.74, 6) is 0.371. The monoisotopic (exact) mass is 368 g/mol. The molecule has 3 atom stereocenters. The van der Waals surface area contributed by atoms with Crippen molar-refractivity contribution in [1.82, 2.24) is 0 Å². The van der Waals surface area contributed by atoms with Crippen molar-refractivity contribution in [2.75, 3.05) is 6.61 Å². The van der Waals surface area contributed by atoms with E-state index in [0.29, 0.717) is 14.7 Å². The van der Waals surface area contributed by atoms with Crippen LogP contribution in [0.3, 0.4) is 0 Å². The van der Waals surface area contributed by atoms with Crippen molar-refractivity contribution in [3.05, 3.63) is 23.3 Å². The van der Waals surface area contributed by atoms with Gasteiger partial charge in [0, 0.05) is 21.3 Å². The third-order valence-electron chi connectivity index (χ3n) is 5.28. The summed E-state index contributed by atoms with van der Waals surface area (Å²) in [5.41, 5.74) is 3.09. The van der Waals surface area contributed by atoms with Crippen molar-refractivity contribution in [2.45, 2.75) is 93.5 Å². The molecule has 146 valence electrons. The molecule has 0 aromatic rings. The summed E-state index contributed by atoms with van der Waals surface area (Å²) >= 11 is 0. The van der Waals surface area contributed by atoms with E-state index in [2.05, 4.69) is 81.4 Å². The molecule has 0 bridgehead atoms. The molecular weight excluding hydrogens is 327 g/mol. The van der Waals surface area contributed by atoms with Crippen molar-refractivity contribution >= 4 is 8.81 Å². The summed E-state index contributed by atoms with van der Waals surface area (Å²) in [4.78, 5) is 0. The maximum absolute atomic E-state index is 6.87. The summed E-state index contributed by atoms with van der Waals surface area (Å²) < 4.78 is 12.7. The van der Waals surface area contributed by atoms with Crippen LogP contribution in [0.4, 0.5) is 0 Å². The van der Waals surface area contributed by atoms with Crippen LogP contribution in [0.15, 0.2) is 23.3 Å². The van der Waals surface area contributed by atoms with Crippen molar-refractivity contribution in [3.63, 3.8) is 0 Å². The quantitative estimate of drug-likeness (QED) is 0.446. The van der Waals surface area contributed by atoms with Gasteiger partial charge in [-0.2, -0.15) is 0 Å². The molecule has 0 amide bonds. The van der Waals surface area contributed by atoms with Crippen molar-refractivity contribution in [3.8, 4) is 0 Å². The minimum atomic E-state index is -0.174. The highest BCUT2D eigenvalue weighted by atomic mass is 31.1. The van der Waals surface area contributed by atoms with Crippen LogP contribution in [-0.4, -0.2) is 18.1 Å². The topological polar surface area (TPSA) is 18.5 Å². The van der Waals surface area contributed by atoms with E-state index in [1.54, 1.807) is 0 Å². The molecule has 0 aliphatic heterocycles. The zero-order valence-electron chi connectivity index (χ0n) is 18.2. The predicted octanol–water partition coefficient (Wildman–Crippen LogP) is 7.11. The van der Waals surface area contributed by atoms with Crippen LogP contribution in [0.5, 0.6) is 0 Å². The first-order chi connectivity index (χ1) is 11.4. The highest BCUT2D eigenvalue weighted by Gasteiger charge is 2.41. The molecule has 0 saturated heterocycles. The summed E-state index contributed by atoms with van der Waals surface area (Å²) in [5, 5.41) is -0.174. The largest absolute Gasteiger partial charge is 0.360 e. The van der Waals surface area contributed by atoms with Gasteiger partial charge in [0.05, 0.1) is 6.10 Å². The van der Waals surface area contributed by atoms with Crippen LogP contribution >= 0.6 is 8.81 Å². The summed E-state index contributed by atoms with van der Waals surface area (Å²) in [6, 6.07) is 0. The molecule has 3 heteroatoms. The Hall–Kier alpha value is -0.170. The zero-order chi connectivity index (χ0) is 19.5. The lowest BCUT2D eigenvalue weighted by atomic mass is 9.69. The molecule has 25 heavy (non-hydrogen) atoms. The molecule has 1 aliphatic carbocycles. The Morgan fingerprint density at radius 2 is 1.56 bits per heavy atom. The Balaban J connectivity index is 3.23. The fourth-order valence-electron chi connectivity index (χ4n) is 3.31. The lowest BCUT2D eigenvalue weighted by molar-refractivity contribution is -0.0653. The SMILES string of the molecule is CCOPC(CC)(CC)OC1C(C)=CC(C(C)(C)C)=CC1C(C)(C)C. The number of rotatable bonds is 7. The molecule has 3 unspecified atom stereocenters. The highest BCUT2D eigenvalue weighted by molar-refractivity contribution is 7.34. The molecule has 1 aliphatic rings. The molecule has 0 N–H and O–H groups in total. The fraction of sp³-hybridized carbons (Fsp3) is 0.818. The van der Waals surface area contributed by atoms with Gasteiger partial charge in [-0.15, -0.1) is 0 Å². The zero-order valence-corrected chi connectivity index (χ0v) is 19.2. The molecule has 2 nitrogen and oxygen atoms in total. The van der Waals surface area contributed by atoms with Gasteiger partial charge in [-0.25, -0.2) is 0 Å². The van der Waals surface area contributed by atoms with E-state index in [1.165, 1.54) is 11.1 Å². The van der Waals surface area contributed by atoms with Crippen LogP contribution in [0.2, 0.25) is 0 Å². The van der Waals surface area contributed by atoms with Crippen LogP contribution in [0, 0.1) is 16.7 Å². The maximum atomic E-state index is 6.87. The number of ether oxygens (including phenoxy) is 1. The third-order valence-corrected chi connectivity index (χ3v) is 6.91. The Morgan fingerprint density at radius 1 is 1.00 bits per heavy atom. The maximum Gasteiger partial charge on any atom is 0.109 e. The number of hydrogen-bond donors (Lipinski definition) is 0. The highest BCUT2D eigenvalue weighted by Crippen LogP contribution is 2.48. The molecule has 1 rings (SSSR count). The Bertz CT molecular complexity index is 487. The molecule has 0 spiro atoms. The predicted molar refractivity (Wildman–Crippen MR) is 112 cm³/mol. The lowest BCUT2D eigenvalue weighted by Crippen LogP contribution is -2.42.